The van der Waals surface area contributed by atoms with Crippen LogP contribution in [-0.2, 0) is 9.84 Å². The summed E-state index contributed by atoms with van der Waals surface area (Å²) >= 11 is 1.39. The minimum atomic E-state index is -3.08. The molecule has 0 saturated carbocycles. The third-order valence-corrected chi connectivity index (χ3v) is 8.14. The van der Waals surface area contributed by atoms with E-state index < -0.39 is 9.84 Å². The van der Waals surface area contributed by atoms with Crippen LogP contribution in [-0.4, -0.2) is 56.4 Å². The molecule has 0 bridgehead atoms. The number of carbonyl (C=O) groups is 1. The highest BCUT2D eigenvalue weighted by atomic mass is 32.2. The largest absolute Gasteiger partial charge is 0.378 e. The van der Waals surface area contributed by atoms with Crippen molar-refractivity contribution in [1.29, 1.82) is 0 Å². The van der Waals surface area contributed by atoms with Crippen LogP contribution in [0.2, 0.25) is 0 Å². The molecule has 0 aliphatic carbocycles. The molecule has 8 heteroatoms. The number of hydrogen-bond acceptors (Lipinski definition) is 5. The second kappa shape index (κ2) is 7.25. The van der Waals surface area contributed by atoms with Crippen LogP contribution in [0.5, 0.6) is 0 Å². The molecule has 2 saturated heterocycles. The van der Waals surface area contributed by atoms with Crippen molar-refractivity contribution in [1.82, 2.24) is 0 Å². The van der Waals surface area contributed by atoms with Crippen molar-refractivity contribution in [2.45, 2.75) is 11.3 Å². The van der Waals surface area contributed by atoms with Crippen LogP contribution in [0.15, 0.2) is 59.6 Å². The van der Waals surface area contributed by atoms with E-state index >= 15 is 0 Å². The highest BCUT2D eigenvalue weighted by Crippen LogP contribution is 2.41. The average molecular weight is 416 g/mol. The molecule has 146 valence electrons. The minimum Gasteiger partial charge on any atom is -0.378 e. The number of amidine groups is 1. The van der Waals surface area contributed by atoms with Crippen molar-refractivity contribution in [2.75, 3.05) is 35.4 Å². The summed E-state index contributed by atoms with van der Waals surface area (Å²) in [5, 5.41) is 0.456. The molecule has 2 aromatic carbocycles. The van der Waals surface area contributed by atoms with Crippen molar-refractivity contribution < 1.29 is 13.2 Å². The zero-order valence-electron chi connectivity index (χ0n) is 15.6. The van der Waals surface area contributed by atoms with E-state index in [9.17, 15) is 13.2 Å². The van der Waals surface area contributed by atoms with Gasteiger partial charge in [-0.3, -0.25) is 4.79 Å². The predicted molar refractivity (Wildman–Crippen MR) is 115 cm³/mol. The highest BCUT2D eigenvalue weighted by molar-refractivity contribution is 8.16. The Labute approximate surface area is 169 Å². The smallest absolute Gasteiger partial charge is 0.279 e. The van der Waals surface area contributed by atoms with Crippen LogP contribution in [0.25, 0.3) is 0 Å². The van der Waals surface area contributed by atoms with Crippen molar-refractivity contribution in [3.8, 4) is 0 Å². The van der Waals surface area contributed by atoms with Gasteiger partial charge in [0.1, 0.15) is 0 Å². The molecule has 2 aliphatic heterocycles. The van der Waals surface area contributed by atoms with Crippen molar-refractivity contribution in [3.63, 3.8) is 0 Å². The molecule has 2 aliphatic rings. The number of carbonyl (C=O) groups excluding carboxylic acids is 1. The van der Waals surface area contributed by atoms with Gasteiger partial charge in [0.15, 0.2) is 15.0 Å². The van der Waals surface area contributed by atoms with Gasteiger partial charge in [-0.2, -0.15) is 4.99 Å². The second-order valence-electron chi connectivity index (χ2n) is 7.15. The van der Waals surface area contributed by atoms with Crippen molar-refractivity contribution in [2.24, 2.45) is 4.99 Å². The lowest BCUT2D eigenvalue weighted by molar-refractivity contribution is 0.100. The number of anilines is 2. The maximum Gasteiger partial charge on any atom is 0.279 e. The van der Waals surface area contributed by atoms with E-state index in [0.717, 1.165) is 11.4 Å². The number of benzene rings is 2. The van der Waals surface area contributed by atoms with E-state index in [4.69, 9.17) is 0 Å². The molecule has 0 aromatic heterocycles. The van der Waals surface area contributed by atoms with Gasteiger partial charge < -0.3 is 9.80 Å². The summed E-state index contributed by atoms with van der Waals surface area (Å²) in [7, 11) is 0.845. The van der Waals surface area contributed by atoms with Crippen LogP contribution >= 0.6 is 11.8 Å². The summed E-state index contributed by atoms with van der Waals surface area (Å²) in [5.74, 6) is -0.118. The summed E-state index contributed by atoms with van der Waals surface area (Å²) in [5.41, 5.74) is 2.41. The molecule has 0 spiro atoms. The van der Waals surface area contributed by atoms with Gasteiger partial charge in [-0.05, 0) is 36.4 Å². The first kappa shape index (κ1) is 19.0. The Morgan fingerprint density at radius 3 is 2.39 bits per heavy atom. The molecule has 1 amide bonds. The maximum atomic E-state index is 12.6. The molecule has 2 fully saturated rings. The van der Waals surface area contributed by atoms with Gasteiger partial charge in [0, 0.05) is 36.3 Å². The summed E-state index contributed by atoms with van der Waals surface area (Å²) < 4.78 is 24.3. The third-order valence-electron chi connectivity index (χ3n) is 4.93. The predicted octanol–water partition coefficient (Wildman–Crippen LogP) is 2.67. The molecule has 6 nitrogen and oxygen atoms in total. The monoisotopic (exact) mass is 415 g/mol. The number of nitrogens with zero attached hydrogens (tertiary/aromatic N) is 3. The first-order valence-electron chi connectivity index (χ1n) is 8.96. The first-order chi connectivity index (χ1) is 13.3. The number of aliphatic imine (C=N–C) groups is 1. The second-order valence-corrected chi connectivity index (χ2v) is 10.5. The Bertz CT molecular complexity index is 1020. The summed E-state index contributed by atoms with van der Waals surface area (Å²) in [6.45, 7) is 0. The van der Waals surface area contributed by atoms with Crippen LogP contribution in [0.3, 0.4) is 0 Å². The van der Waals surface area contributed by atoms with Gasteiger partial charge in [-0.15, -0.1) is 0 Å². The van der Waals surface area contributed by atoms with Crippen LogP contribution < -0.4 is 9.80 Å². The van der Waals surface area contributed by atoms with E-state index in [1.807, 2.05) is 54.2 Å². The lowest BCUT2D eigenvalue weighted by Gasteiger charge is -2.25. The fraction of sp³-hybridized carbons (Fsp3) is 0.300. The van der Waals surface area contributed by atoms with Gasteiger partial charge in [0.25, 0.3) is 5.91 Å². The first-order valence-corrected chi connectivity index (χ1v) is 11.7. The highest BCUT2D eigenvalue weighted by Gasteiger charge is 2.49. The van der Waals surface area contributed by atoms with Gasteiger partial charge in [0.05, 0.1) is 17.5 Å². The van der Waals surface area contributed by atoms with E-state index in [0.29, 0.717) is 10.7 Å². The number of rotatable bonds is 3. The van der Waals surface area contributed by atoms with Gasteiger partial charge >= 0.3 is 0 Å². The molecule has 0 N–H and O–H groups in total. The Morgan fingerprint density at radius 1 is 1.07 bits per heavy atom. The lowest BCUT2D eigenvalue weighted by atomic mass is 10.2. The Hall–Kier alpha value is -2.32. The number of hydrogen-bond donors (Lipinski definition) is 0. The summed E-state index contributed by atoms with van der Waals surface area (Å²) in [4.78, 5) is 20.9. The van der Waals surface area contributed by atoms with Crippen molar-refractivity contribution >= 4 is 44.0 Å². The van der Waals surface area contributed by atoms with Crippen LogP contribution in [0.4, 0.5) is 11.4 Å². The van der Waals surface area contributed by atoms with Gasteiger partial charge in [-0.25, -0.2) is 8.42 Å². The quantitative estimate of drug-likeness (QED) is 0.768. The van der Waals surface area contributed by atoms with E-state index in [1.54, 1.807) is 24.3 Å². The van der Waals surface area contributed by atoms with Gasteiger partial charge in [0.2, 0.25) is 0 Å². The molecular weight excluding hydrogens is 394 g/mol. The lowest BCUT2D eigenvalue weighted by Crippen LogP contribution is -2.37. The molecule has 2 aromatic rings. The summed E-state index contributed by atoms with van der Waals surface area (Å²) in [6, 6.07) is 16.6. The van der Waals surface area contributed by atoms with E-state index in [2.05, 4.69) is 4.99 Å². The molecule has 0 radical (unpaired) electrons. The molecule has 2 atom stereocenters. The molecule has 0 unspecified atom stereocenters. The fourth-order valence-electron chi connectivity index (χ4n) is 3.51. The average Bonchev–Trinajstić information content (AvgIpc) is 3.13. The fourth-order valence-corrected chi connectivity index (χ4v) is 7.42. The Balaban J connectivity index is 1.71. The number of sulfone groups is 1. The number of fused-ring (bicyclic) bond motifs is 1. The standard InChI is InChI=1S/C20H21N3O3S2/c1-22(2)15-8-10-16(11-9-15)23-17-12-28(25,26)13-18(17)27-20(23)21-19(24)14-6-4-3-5-7-14/h3-11,17-18H,12-13H2,1-2H3/t17-,18-/m1/s1. The normalized spacial score (nSPS) is 24.4. The van der Waals surface area contributed by atoms with Crippen LogP contribution in [0.1, 0.15) is 10.4 Å². The molecule has 2 heterocycles. The number of thioether (sulfide) groups is 1. The van der Waals surface area contributed by atoms with E-state index in [1.165, 1.54) is 11.8 Å². The SMILES string of the molecule is CN(C)c1ccc(N2C(=NC(=O)c3ccccc3)S[C@@H]3CS(=O)(=O)C[C@H]32)cc1. The Morgan fingerprint density at radius 2 is 1.75 bits per heavy atom. The van der Waals surface area contributed by atoms with Crippen molar-refractivity contribution in [3.05, 3.63) is 60.2 Å². The summed E-state index contributed by atoms with van der Waals surface area (Å²) in [6.07, 6.45) is 0. The van der Waals surface area contributed by atoms with E-state index in [-0.39, 0.29) is 28.7 Å². The zero-order valence-corrected chi connectivity index (χ0v) is 17.3. The molecular formula is C20H21N3O3S2. The third kappa shape index (κ3) is 3.66. The topological polar surface area (TPSA) is 70.0 Å². The molecule has 4 rings (SSSR count). The zero-order chi connectivity index (χ0) is 19.9. The number of amides is 1. The maximum absolute atomic E-state index is 12.6. The van der Waals surface area contributed by atoms with Crippen LogP contribution in [0, 0.1) is 0 Å². The van der Waals surface area contributed by atoms with Gasteiger partial charge in [-0.1, -0.05) is 30.0 Å². The molecule has 28 heavy (non-hydrogen) atoms. The Kier molecular flexibility index (Phi) is 4.93. The minimum absolute atomic E-state index is 0.0820.